The summed E-state index contributed by atoms with van der Waals surface area (Å²) in [4.78, 5) is 0. The zero-order valence-electron chi connectivity index (χ0n) is 19.2. The van der Waals surface area contributed by atoms with Gasteiger partial charge < -0.3 is 15.3 Å². The summed E-state index contributed by atoms with van der Waals surface area (Å²) in [7, 11) is 0. The van der Waals surface area contributed by atoms with E-state index in [9.17, 15) is 15.3 Å². The van der Waals surface area contributed by atoms with E-state index < -0.39 is 5.41 Å². The molecule has 3 N–H and O–H groups in total. The van der Waals surface area contributed by atoms with Crippen molar-refractivity contribution in [3.8, 4) is 17.2 Å². The SMILES string of the molecule is C=C(C)c1cc(C(C)(c2ccc(O)c(C(=C)C)c2)c2ccc(O)c(C(=C)C)c2)ccc1O. The highest BCUT2D eigenvalue weighted by molar-refractivity contribution is 5.73. The molecule has 0 spiro atoms. The zero-order valence-corrected chi connectivity index (χ0v) is 19.2. The largest absolute Gasteiger partial charge is 0.507 e. The van der Waals surface area contributed by atoms with Crippen LogP contribution in [0.2, 0.25) is 0 Å². The number of phenolic OH excluding ortho intramolecular Hbond substituents is 3. The van der Waals surface area contributed by atoms with Gasteiger partial charge in [0.2, 0.25) is 0 Å². The Morgan fingerprint density at radius 1 is 0.562 bits per heavy atom. The normalized spacial score (nSPS) is 11.2. The van der Waals surface area contributed by atoms with Gasteiger partial charge in [0.15, 0.2) is 0 Å². The van der Waals surface area contributed by atoms with Crippen LogP contribution in [0.1, 0.15) is 61.1 Å². The second-order valence-electron chi connectivity index (χ2n) is 8.66. The predicted molar refractivity (Wildman–Crippen MR) is 134 cm³/mol. The first kappa shape index (κ1) is 23.0. The molecule has 3 nitrogen and oxygen atoms in total. The van der Waals surface area contributed by atoms with E-state index in [2.05, 4.69) is 26.7 Å². The summed E-state index contributed by atoms with van der Waals surface area (Å²) in [5.74, 6) is 0.515. The fourth-order valence-electron chi connectivity index (χ4n) is 4.07. The zero-order chi connectivity index (χ0) is 23.8. The summed E-state index contributed by atoms with van der Waals surface area (Å²) < 4.78 is 0. The van der Waals surface area contributed by atoms with Crippen LogP contribution in [0.15, 0.2) is 74.3 Å². The molecule has 0 amide bonds. The molecule has 3 heteroatoms. The van der Waals surface area contributed by atoms with Crippen LogP contribution in [-0.2, 0) is 5.41 Å². The lowest BCUT2D eigenvalue weighted by atomic mass is 9.69. The molecule has 0 atom stereocenters. The van der Waals surface area contributed by atoms with Crippen molar-refractivity contribution in [2.75, 3.05) is 0 Å². The van der Waals surface area contributed by atoms with Gasteiger partial charge in [-0.25, -0.2) is 0 Å². The lowest BCUT2D eigenvalue weighted by Crippen LogP contribution is -2.26. The fraction of sp³-hybridized carbons (Fsp3) is 0.172. The molecule has 32 heavy (non-hydrogen) atoms. The first-order valence-corrected chi connectivity index (χ1v) is 10.4. The monoisotopic (exact) mass is 426 g/mol. The minimum Gasteiger partial charge on any atom is -0.507 e. The van der Waals surface area contributed by atoms with Crippen LogP contribution in [0.4, 0.5) is 0 Å². The summed E-state index contributed by atoms with van der Waals surface area (Å²) in [6, 6.07) is 16.5. The first-order chi connectivity index (χ1) is 15.0. The number of hydrogen-bond donors (Lipinski definition) is 3. The maximum Gasteiger partial charge on any atom is 0.123 e. The molecule has 0 aliphatic heterocycles. The minimum atomic E-state index is -0.673. The van der Waals surface area contributed by atoms with Crippen LogP contribution < -0.4 is 0 Å². The maximum atomic E-state index is 10.4. The highest BCUT2D eigenvalue weighted by atomic mass is 16.3. The smallest absolute Gasteiger partial charge is 0.123 e. The third-order valence-electron chi connectivity index (χ3n) is 6.10. The van der Waals surface area contributed by atoms with Crippen molar-refractivity contribution in [1.29, 1.82) is 0 Å². The van der Waals surface area contributed by atoms with Crippen molar-refractivity contribution in [3.05, 3.63) is 108 Å². The van der Waals surface area contributed by atoms with Gasteiger partial charge in [-0.15, -0.1) is 0 Å². The Hall–Kier alpha value is -3.72. The van der Waals surface area contributed by atoms with Crippen LogP contribution in [0.5, 0.6) is 17.2 Å². The van der Waals surface area contributed by atoms with E-state index in [0.29, 0.717) is 16.7 Å². The van der Waals surface area contributed by atoms with E-state index in [4.69, 9.17) is 0 Å². The molecule has 3 aromatic carbocycles. The Bertz CT molecular complexity index is 1090. The van der Waals surface area contributed by atoms with Gasteiger partial charge in [-0.1, -0.05) is 37.9 Å². The van der Waals surface area contributed by atoms with E-state index in [1.165, 1.54) is 0 Å². The summed E-state index contributed by atoms with van der Waals surface area (Å²) in [6.07, 6.45) is 0. The highest BCUT2D eigenvalue weighted by Crippen LogP contribution is 2.44. The molecule has 3 aromatic rings. The number of phenols is 3. The maximum absolute atomic E-state index is 10.4. The second-order valence-corrected chi connectivity index (χ2v) is 8.66. The van der Waals surface area contributed by atoms with Crippen LogP contribution >= 0.6 is 0 Å². The molecule has 0 saturated carbocycles. The van der Waals surface area contributed by atoms with E-state index in [1.54, 1.807) is 18.2 Å². The minimum absolute atomic E-state index is 0.172. The van der Waals surface area contributed by atoms with E-state index in [0.717, 1.165) is 33.4 Å². The highest BCUT2D eigenvalue weighted by Gasteiger charge is 2.33. The van der Waals surface area contributed by atoms with Crippen LogP contribution in [-0.4, -0.2) is 15.3 Å². The van der Waals surface area contributed by atoms with Gasteiger partial charge in [0.05, 0.1) is 0 Å². The van der Waals surface area contributed by atoms with Gasteiger partial charge in [-0.2, -0.15) is 0 Å². The van der Waals surface area contributed by atoms with Crippen LogP contribution in [0, 0.1) is 0 Å². The van der Waals surface area contributed by atoms with Crippen LogP contribution in [0.3, 0.4) is 0 Å². The van der Waals surface area contributed by atoms with Crippen molar-refractivity contribution >= 4 is 16.7 Å². The molecular weight excluding hydrogens is 396 g/mol. The average molecular weight is 427 g/mol. The molecule has 0 aliphatic rings. The molecule has 164 valence electrons. The standard InChI is InChI=1S/C29H30O3/c1-17(2)23-14-20(8-11-26(23)30)29(7,21-9-12-27(31)24(15-21)18(3)4)22-10-13-28(32)25(16-22)19(5)6/h8-16,30-32H,1,3,5H2,2,4,6-7H3. The summed E-state index contributed by atoms with van der Waals surface area (Å²) in [6.45, 7) is 19.7. The number of allylic oxidation sites excluding steroid dienone is 3. The molecule has 0 unspecified atom stereocenters. The van der Waals surface area contributed by atoms with E-state index in [-0.39, 0.29) is 17.2 Å². The van der Waals surface area contributed by atoms with Crippen LogP contribution in [0.25, 0.3) is 16.7 Å². The molecule has 0 saturated heterocycles. The number of aromatic hydroxyl groups is 3. The first-order valence-electron chi connectivity index (χ1n) is 10.4. The van der Waals surface area contributed by atoms with Crippen molar-refractivity contribution < 1.29 is 15.3 Å². The lowest BCUT2D eigenvalue weighted by molar-refractivity contribution is 0.472. The molecule has 3 rings (SSSR count). The Balaban J connectivity index is 2.40. The van der Waals surface area contributed by atoms with E-state index in [1.807, 2.05) is 57.2 Å². The summed E-state index contributed by atoms with van der Waals surface area (Å²) >= 11 is 0. The van der Waals surface area contributed by atoms with Gasteiger partial charge >= 0.3 is 0 Å². The number of benzene rings is 3. The number of rotatable bonds is 6. The van der Waals surface area contributed by atoms with Crippen molar-refractivity contribution in [1.82, 2.24) is 0 Å². The third kappa shape index (κ3) is 3.94. The van der Waals surface area contributed by atoms with Gasteiger partial charge in [0.1, 0.15) is 17.2 Å². The molecule has 0 aromatic heterocycles. The Labute approximate surface area is 190 Å². The van der Waals surface area contributed by atoms with Gasteiger partial charge in [0.25, 0.3) is 0 Å². The second kappa shape index (κ2) is 8.43. The molecule has 0 aliphatic carbocycles. The number of hydrogen-bond acceptors (Lipinski definition) is 3. The topological polar surface area (TPSA) is 60.7 Å². The molecule has 0 radical (unpaired) electrons. The third-order valence-corrected chi connectivity index (χ3v) is 6.10. The fourth-order valence-corrected chi connectivity index (χ4v) is 4.07. The van der Waals surface area contributed by atoms with Crippen molar-refractivity contribution in [2.24, 2.45) is 0 Å². The molecular formula is C29H30O3. The van der Waals surface area contributed by atoms with Gasteiger partial charge in [0, 0.05) is 22.1 Å². The Kier molecular flexibility index (Phi) is 6.05. The molecule has 0 bridgehead atoms. The Morgan fingerprint density at radius 2 is 0.812 bits per heavy atom. The molecule has 0 heterocycles. The quantitative estimate of drug-likeness (QED) is 0.364. The van der Waals surface area contributed by atoms with Gasteiger partial charge in [-0.3, -0.25) is 0 Å². The van der Waals surface area contributed by atoms with Crippen molar-refractivity contribution in [2.45, 2.75) is 33.1 Å². The predicted octanol–water partition coefficient (Wildman–Crippen LogP) is 7.26. The van der Waals surface area contributed by atoms with Crippen molar-refractivity contribution in [3.63, 3.8) is 0 Å². The average Bonchev–Trinajstić information content (AvgIpc) is 2.73. The summed E-state index contributed by atoms with van der Waals surface area (Å²) in [5, 5.41) is 31.1. The van der Waals surface area contributed by atoms with E-state index >= 15 is 0 Å². The van der Waals surface area contributed by atoms with Gasteiger partial charge in [-0.05, 0) is 97.5 Å². The Morgan fingerprint density at radius 3 is 1.03 bits per heavy atom. The molecule has 0 fully saturated rings. The lowest BCUT2D eigenvalue weighted by Gasteiger charge is -2.33. The summed E-state index contributed by atoms with van der Waals surface area (Å²) in [5.41, 5.74) is 6.42.